The van der Waals surface area contributed by atoms with Gasteiger partial charge in [-0.3, -0.25) is 4.79 Å². The van der Waals surface area contributed by atoms with Crippen LogP contribution in [0.2, 0.25) is 0 Å². The standard InChI is InChI=1S/C10H14.C3H6NO2.CH3.ClH.Os/c1-8(2)10-6-4-9(3)5-7-10;1-2(4)3(5)6;;;/h4-8H,1-3H3;2,4H,1H3,(H,5,6);1H3;1H;/q;2*-1;;+1/p-1. The zero-order valence-corrected chi connectivity index (χ0v) is 15.3. The summed E-state index contributed by atoms with van der Waals surface area (Å²) in [7, 11) is 4.67. The summed E-state index contributed by atoms with van der Waals surface area (Å²) in [5.41, 5.74) is 9.19. The molecule has 0 amide bonds. The molecular formula is C14H23ClNO2Os-2. The van der Waals surface area contributed by atoms with Crippen molar-refractivity contribution in [3.8, 4) is 0 Å². The van der Waals surface area contributed by atoms with E-state index in [0.717, 1.165) is 0 Å². The van der Waals surface area contributed by atoms with Gasteiger partial charge in [0.25, 0.3) is 5.97 Å². The molecule has 2 N–H and O–H groups in total. The maximum atomic E-state index is 9.51. The quantitative estimate of drug-likeness (QED) is 0.643. The summed E-state index contributed by atoms with van der Waals surface area (Å²) in [6.45, 7) is 7.85. The van der Waals surface area contributed by atoms with E-state index in [4.69, 9.17) is 10.8 Å². The molecule has 0 saturated heterocycles. The van der Waals surface area contributed by atoms with Crippen molar-refractivity contribution in [3.05, 3.63) is 48.6 Å². The number of carboxylic acids is 1. The fourth-order valence-electron chi connectivity index (χ4n) is 0.951. The second kappa shape index (κ2) is 14.0. The molecule has 1 unspecified atom stereocenters. The third-order valence-electron chi connectivity index (χ3n) is 2.11. The monoisotopic (exact) mass is 464 g/mol. The van der Waals surface area contributed by atoms with E-state index in [-0.39, 0.29) is 7.43 Å². The van der Waals surface area contributed by atoms with Crippen LogP contribution in [0, 0.1) is 14.4 Å². The van der Waals surface area contributed by atoms with Crippen LogP contribution in [0.25, 0.3) is 5.73 Å². The van der Waals surface area contributed by atoms with Crippen LogP contribution in [-0.4, -0.2) is 17.1 Å². The van der Waals surface area contributed by atoms with Crippen LogP contribution in [0.5, 0.6) is 0 Å². The molecule has 0 spiro atoms. The van der Waals surface area contributed by atoms with Gasteiger partial charge in [-0.2, -0.15) is 0 Å². The molecule has 1 aromatic carbocycles. The Balaban J connectivity index is -0.000000249. The first kappa shape index (κ1) is 23.7. The van der Waals surface area contributed by atoms with Crippen molar-refractivity contribution in [2.75, 3.05) is 0 Å². The molecule has 0 saturated carbocycles. The molecule has 1 rings (SSSR count). The van der Waals surface area contributed by atoms with Gasteiger partial charge in [0.1, 0.15) is 0 Å². The van der Waals surface area contributed by atoms with Gasteiger partial charge in [0.2, 0.25) is 0 Å². The summed E-state index contributed by atoms with van der Waals surface area (Å²) in [5, 5.41) is 7.80. The van der Waals surface area contributed by atoms with E-state index in [0.29, 0.717) is 5.92 Å². The van der Waals surface area contributed by atoms with Crippen molar-refractivity contribution >= 4 is 15.6 Å². The Morgan fingerprint density at radius 2 is 1.53 bits per heavy atom. The summed E-state index contributed by atoms with van der Waals surface area (Å²) in [6, 6.07) is 7.73. The van der Waals surface area contributed by atoms with Crippen LogP contribution >= 0.6 is 9.64 Å². The SMILES string of the molecule is CC([NH-])C(=O)O.Cc1ccc(C(C)C)cc1.[CH3-].[Cl][Os]. The Hall–Kier alpha value is -0.424. The third-order valence-corrected chi connectivity index (χ3v) is 2.11. The second-order valence-electron chi connectivity index (χ2n) is 4.13. The molecule has 3 nitrogen and oxygen atoms in total. The number of benzene rings is 1. The van der Waals surface area contributed by atoms with Gasteiger partial charge in [0.05, 0.1) is 0 Å². The van der Waals surface area contributed by atoms with Crippen LogP contribution in [0.3, 0.4) is 0 Å². The van der Waals surface area contributed by atoms with Gasteiger partial charge in [0.15, 0.2) is 0 Å². The second-order valence-corrected chi connectivity index (χ2v) is 4.13. The van der Waals surface area contributed by atoms with E-state index >= 15 is 0 Å². The van der Waals surface area contributed by atoms with E-state index < -0.39 is 12.0 Å². The number of rotatable bonds is 2. The third kappa shape index (κ3) is 13.8. The maximum absolute atomic E-state index is 9.51. The van der Waals surface area contributed by atoms with E-state index in [1.165, 1.54) is 35.6 Å². The molecule has 1 aromatic rings. The Morgan fingerprint density at radius 1 is 1.21 bits per heavy atom. The Bertz CT molecular complexity index is 327. The zero-order chi connectivity index (χ0) is 14.7. The van der Waals surface area contributed by atoms with Crippen molar-refractivity contribution in [2.24, 2.45) is 0 Å². The molecule has 0 radical (unpaired) electrons. The first-order valence-corrected chi connectivity index (χ1v) is 8.63. The number of hydrogen-bond donors (Lipinski definition) is 1. The summed E-state index contributed by atoms with van der Waals surface area (Å²) >= 11 is 1.33. The summed E-state index contributed by atoms with van der Waals surface area (Å²) in [5.74, 6) is -0.421. The van der Waals surface area contributed by atoms with Gasteiger partial charge >= 0.3 is 27.2 Å². The predicted octanol–water partition coefficient (Wildman–Crippen LogP) is 4.77. The molecule has 0 heterocycles. The molecule has 0 aromatic heterocycles. The summed E-state index contributed by atoms with van der Waals surface area (Å²) in [4.78, 5) is 9.51. The minimum atomic E-state index is -1.07. The first-order valence-electron chi connectivity index (χ1n) is 5.48. The van der Waals surface area contributed by atoms with Crippen LogP contribution in [0.15, 0.2) is 24.3 Å². The molecule has 0 aliphatic carbocycles. The number of aryl methyl sites for hydroxylation is 1. The number of carboxylic acid groups (broad SMARTS) is 1. The minimum absolute atomic E-state index is 0. The predicted molar refractivity (Wildman–Crippen MR) is 79.0 cm³/mol. The molecule has 19 heavy (non-hydrogen) atoms. The molecule has 5 heteroatoms. The van der Waals surface area contributed by atoms with Crippen LogP contribution in [-0.2, 0) is 22.4 Å². The Kier molecular flexibility index (Phi) is 17.4. The van der Waals surface area contributed by atoms with Crippen molar-refractivity contribution in [3.63, 3.8) is 0 Å². The van der Waals surface area contributed by atoms with E-state index in [2.05, 4.69) is 54.7 Å². The van der Waals surface area contributed by atoms with Gasteiger partial charge in [0, 0.05) is 0 Å². The molecule has 0 bridgehead atoms. The zero-order valence-electron chi connectivity index (χ0n) is 12.1. The van der Waals surface area contributed by atoms with Crippen LogP contribution in [0.4, 0.5) is 0 Å². The Morgan fingerprint density at radius 3 is 1.74 bits per heavy atom. The molecule has 113 valence electrons. The van der Waals surface area contributed by atoms with Gasteiger partial charge in [-0.15, -0.1) is 0 Å². The summed E-state index contributed by atoms with van der Waals surface area (Å²) in [6.07, 6.45) is 0. The molecular weight excluding hydrogens is 440 g/mol. The average Bonchev–Trinajstić information content (AvgIpc) is 2.32. The normalized spacial score (nSPS) is 10.1. The van der Waals surface area contributed by atoms with Gasteiger partial charge in [-0.1, -0.05) is 50.6 Å². The Labute approximate surface area is 131 Å². The van der Waals surface area contributed by atoms with E-state index in [1.807, 2.05) is 0 Å². The number of hydrogen-bond acceptors (Lipinski definition) is 1. The number of nitrogens with one attached hydrogen (secondary N) is 1. The van der Waals surface area contributed by atoms with Gasteiger partial charge < -0.3 is 18.3 Å². The van der Waals surface area contributed by atoms with Gasteiger partial charge in [-0.05, 0) is 24.4 Å². The van der Waals surface area contributed by atoms with Crippen molar-refractivity contribution < 1.29 is 27.5 Å². The first-order chi connectivity index (χ1) is 8.34. The number of aliphatic carboxylic acids is 1. The topological polar surface area (TPSA) is 61.1 Å². The van der Waals surface area contributed by atoms with E-state index in [9.17, 15) is 4.79 Å². The van der Waals surface area contributed by atoms with Crippen molar-refractivity contribution in [1.29, 1.82) is 0 Å². The van der Waals surface area contributed by atoms with E-state index in [1.54, 1.807) is 0 Å². The number of halogens is 1. The van der Waals surface area contributed by atoms with Crippen molar-refractivity contribution in [1.82, 2.24) is 0 Å². The average molecular weight is 463 g/mol. The summed E-state index contributed by atoms with van der Waals surface area (Å²) < 4.78 is 0. The number of carbonyl (C=O) groups is 1. The fourth-order valence-corrected chi connectivity index (χ4v) is 0.951. The van der Waals surface area contributed by atoms with Gasteiger partial charge in [-0.25, -0.2) is 0 Å². The molecule has 1 atom stereocenters. The fraction of sp³-hybridized carbons (Fsp3) is 0.429. The molecule has 0 aliphatic heterocycles. The van der Waals surface area contributed by atoms with Crippen LogP contribution < -0.4 is 0 Å². The molecule has 0 aliphatic rings. The van der Waals surface area contributed by atoms with Crippen molar-refractivity contribution in [2.45, 2.75) is 39.7 Å². The van der Waals surface area contributed by atoms with Crippen LogP contribution in [0.1, 0.15) is 37.8 Å². The molecule has 0 fully saturated rings.